The van der Waals surface area contributed by atoms with E-state index in [1.807, 2.05) is 30.5 Å². The van der Waals surface area contributed by atoms with Gasteiger partial charge in [0.2, 0.25) is 0 Å². The number of rotatable bonds is 3. The number of fused-ring (bicyclic) bond motifs is 1. The Bertz CT molecular complexity index is 747. The summed E-state index contributed by atoms with van der Waals surface area (Å²) in [5.74, 6) is 0.182. The van der Waals surface area contributed by atoms with Crippen LogP contribution in [0, 0.1) is 0 Å². The average Bonchev–Trinajstić information content (AvgIpc) is 2.95. The maximum Gasteiger partial charge on any atom is 0.341 e. The van der Waals surface area contributed by atoms with Crippen LogP contribution in [-0.4, -0.2) is 27.5 Å². The second-order valence-electron chi connectivity index (χ2n) is 4.30. The third kappa shape index (κ3) is 2.25. The number of ether oxygens (including phenoxy) is 1. The number of carbonyl (C=O) groups is 1. The summed E-state index contributed by atoms with van der Waals surface area (Å²) in [6.07, 6.45) is 4.86. The molecule has 0 bridgehead atoms. The summed E-state index contributed by atoms with van der Waals surface area (Å²) in [6.45, 7) is 2.10. The molecule has 0 aliphatic rings. The van der Waals surface area contributed by atoms with Gasteiger partial charge in [-0.05, 0) is 31.2 Å². The van der Waals surface area contributed by atoms with Gasteiger partial charge in [0.05, 0.1) is 12.2 Å². The second-order valence-corrected chi connectivity index (χ2v) is 4.30. The topological polar surface area (TPSA) is 67.9 Å². The Labute approximate surface area is 115 Å². The van der Waals surface area contributed by atoms with E-state index in [1.54, 1.807) is 6.92 Å². The van der Waals surface area contributed by atoms with Gasteiger partial charge < -0.3 is 9.72 Å². The average molecular weight is 267 g/mol. The Morgan fingerprint density at radius 3 is 2.80 bits per heavy atom. The number of nitrogens with one attached hydrogen (secondary N) is 1. The summed E-state index contributed by atoms with van der Waals surface area (Å²) < 4.78 is 4.90. The zero-order valence-electron chi connectivity index (χ0n) is 11.0. The molecule has 0 atom stereocenters. The highest BCUT2D eigenvalue weighted by Crippen LogP contribution is 2.20. The smallest absolute Gasteiger partial charge is 0.341 e. The van der Waals surface area contributed by atoms with Crippen molar-refractivity contribution in [3.05, 3.63) is 48.4 Å². The molecule has 0 aliphatic heterocycles. The fourth-order valence-electron chi connectivity index (χ4n) is 1.99. The number of hydrogen-bond acceptors (Lipinski definition) is 4. The van der Waals surface area contributed by atoms with E-state index in [2.05, 4.69) is 15.0 Å². The molecule has 0 spiro atoms. The molecule has 0 fully saturated rings. The molecule has 2 aromatic heterocycles. The van der Waals surface area contributed by atoms with E-state index in [1.165, 1.54) is 12.4 Å². The van der Waals surface area contributed by atoms with Crippen LogP contribution in [0.5, 0.6) is 0 Å². The molecule has 0 amide bonds. The summed E-state index contributed by atoms with van der Waals surface area (Å²) in [5, 5.41) is 1.10. The van der Waals surface area contributed by atoms with Gasteiger partial charge in [0, 0.05) is 35.1 Å². The summed E-state index contributed by atoms with van der Waals surface area (Å²) in [4.78, 5) is 23.1. The van der Waals surface area contributed by atoms with E-state index in [4.69, 9.17) is 4.74 Å². The van der Waals surface area contributed by atoms with Gasteiger partial charge in [0.25, 0.3) is 0 Å². The van der Waals surface area contributed by atoms with Crippen LogP contribution in [0.3, 0.4) is 0 Å². The number of nitrogens with zero attached hydrogens (tertiary/aromatic N) is 2. The van der Waals surface area contributed by atoms with E-state index < -0.39 is 5.97 Å². The molecule has 3 aromatic rings. The van der Waals surface area contributed by atoms with Crippen LogP contribution in [0.1, 0.15) is 17.3 Å². The van der Waals surface area contributed by atoms with Gasteiger partial charge >= 0.3 is 5.97 Å². The quantitative estimate of drug-likeness (QED) is 0.741. The van der Waals surface area contributed by atoms with E-state index >= 15 is 0 Å². The lowest BCUT2D eigenvalue weighted by Crippen LogP contribution is -2.06. The first-order valence-corrected chi connectivity index (χ1v) is 6.34. The number of carbonyl (C=O) groups excluding carboxylic acids is 1. The van der Waals surface area contributed by atoms with Crippen molar-refractivity contribution in [2.75, 3.05) is 6.61 Å². The highest BCUT2D eigenvalue weighted by atomic mass is 16.5. The highest BCUT2D eigenvalue weighted by Gasteiger charge is 2.09. The second kappa shape index (κ2) is 5.13. The molecule has 20 heavy (non-hydrogen) atoms. The molecule has 0 unspecified atom stereocenters. The number of benzene rings is 1. The van der Waals surface area contributed by atoms with Crippen molar-refractivity contribution in [2.45, 2.75) is 6.92 Å². The third-order valence-electron chi connectivity index (χ3n) is 2.97. The van der Waals surface area contributed by atoms with Gasteiger partial charge in [-0.15, -0.1) is 0 Å². The lowest BCUT2D eigenvalue weighted by Gasteiger charge is -2.03. The van der Waals surface area contributed by atoms with Crippen molar-refractivity contribution in [2.24, 2.45) is 0 Å². The van der Waals surface area contributed by atoms with E-state index in [0.717, 1.165) is 16.5 Å². The van der Waals surface area contributed by atoms with Crippen LogP contribution in [0.4, 0.5) is 0 Å². The van der Waals surface area contributed by atoms with Gasteiger partial charge in [-0.25, -0.2) is 14.8 Å². The maximum atomic E-state index is 11.5. The molecule has 3 rings (SSSR count). The predicted molar refractivity (Wildman–Crippen MR) is 75.3 cm³/mol. The summed E-state index contributed by atoms with van der Waals surface area (Å²) in [6, 6.07) is 7.92. The molecule has 100 valence electrons. The van der Waals surface area contributed by atoms with Crippen LogP contribution in [0.25, 0.3) is 22.3 Å². The lowest BCUT2D eigenvalue weighted by molar-refractivity contribution is 0.0525. The number of aromatic amines is 1. The van der Waals surface area contributed by atoms with Gasteiger partial charge in [-0.3, -0.25) is 0 Å². The fourth-order valence-corrected chi connectivity index (χ4v) is 1.99. The minimum Gasteiger partial charge on any atom is -0.462 e. The molecule has 0 radical (unpaired) electrons. The summed E-state index contributed by atoms with van der Waals surface area (Å²) in [7, 11) is 0. The van der Waals surface area contributed by atoms with Crippen molar-refractivity contribution < 1.29 is 9.53 Å². The Balaban J connectivity index is 1.92. The monoisotopic (exact) mass is 267 g/mol. The molecule has 2 heterocycles. The minimum atomic E-state index is -0.403. The molecule has 1 N–H and O–H groups in total. The number of esters is 1. The first kappa shape index (κ1) is 12.3. The van der Waals surface area contributed by atoms with Crippen molar-refractivity contribution in [3.8, 4) is 11.4 Å². The van der Waals surface area contributed by atoms with Crippen molar-refractivity contribution in [1.82, 2.24) is 15.0 Å². The Hall–Kier alpha value is -2.69. The summed E-state index contributed by atoms with van der Waals surface area (Å²) in [5.41, 5.74) is 2.34. The first-order chi connectivity index (χ1) is 9.78. The lowest BCUT2D eigenvalue weighted by atomic mass is 10.1. The van der Waals surface area contributed by atoms with Crippen LogP contribution in [0.15, 0.2) is 42.9 Å². The number of H-pyrrole nitrogens is 1. The predicted octanol–water partition coefficient (Wildman–Crippen LogP) is 2.80. The Morgan fingerprint density at radius 1 is 1.25 bits per heavy atom. The number of aromatic nitrogens is 3. The van der Waals surface area contributed by atoms with Crippen LogP contribution in [-0.2, 0) is 4.74 Å². The van der Waals surface area contributed by atoms with Gasteiger partial charge in [-0.2, -0.15) is 0 Å². The molecule has 5 nitrogen and oxygen atoms in total. The highest BCUT2D eigenvalue weighted by molar-refractivity contribution is 5.89. The Kier molecular flexibility index (Phi) is 3.16. The van der Waals surface area contributed by atoms with Gasteiger partial charge in [0.1, 0.15) is 0 Å². The number of hydrogen-bond donors (Lipinski definition) is 1. The van der Waals surface area contributed by atoms with Gasteiger partial charge in [0.15, 0.2) is 5.82 Å². The maximum absolute atomic E-state index is 11.5. The van der Waals surface area contributed by atoms with Crippen LogP contribution >= 0.6 is 0 Å². The van der Waals surface area contributed by atoms with Crippen LogP contribution in [0.2, 0.25) is 0 Å². The first-order valence-electron chi connectivity index (χ1n) is 6.34. The Morgan fingerprint density at radius 2 is 2.05 bits per heavy atom. The normalized spacial score (nSPS) is 10.7. The zero-order chi connectivity index (χ0) is 13.9. The van der Waals surface area contributed by atoms with E-state index in [-0.39, 0.29) is 0 Å². The van der Waals surface area contributed by atoms with E-state index in [9.17, 15) is 4.79 Å². The molecule has 0 saturated carbocycles. The molecule has 0 aliphatic carbocycles. The summed E-state index contributed by atoms with van der Waals surface area (Å²) >= 11 is 0. The van der Waals surface area contributed by atoms with Crippen molar-refractivity contribution in [1.29, 1.82) is 0 Å². The van der Waals surface area contributed by atoms with Crippen molar-refractivity contribution >= 4 is 16.9 Å². The standard InChI is InChI=1S/C15H13N3O2/c1-2-20-15(19)12-8-17-14(18-9-12)11-3-4-13-10(7-11)5-6-16-13/h3-9,16H,2H2,1H3. The third-order valence-corrected chi connectivity index (χ3v) is 2.97. The molecule has 5 heteroatoms. The van der Waals surface area contributed by atoms with Crippen LogP contribution < -0.4 is 0 Å². The molecule has 1 aromatic carbocycles. The van der Waals surface area contributed by atoms with Gasteiger partial charge in [-0.1, -0.05) is 0 Å². The molecular formula is C15H13N3O2. The van der Waals surface area contributed by atoms with Crippen molar-refractivity contribution in [3.63, 3.8) is 0 Å². The molecule has 0 saturated heterocycles. The fraction of sp³-hybridized carbons (Fsp3) is 0.133. The zero-order valence-corrected chi connectivity index (χ0v) is 11.0. The van der Waals surface area contributed by atoms with E-state index in [0.29, 0.717) is 18.0 Å². The largest absolute Gasteiger partial charge is 0.462 e. The minimum absolute atomic E-state index is 0.338. The molecular weight excluding hydrogens is 254 g/mol. The SMILES string of the molecule is CCOC(=O)c1cnc(-c2ccc3[nH]ccc3c2)nc1.